The van der Waals surface area contributed by atoms with Crippen LogP contribution in [-0.4, -0.2) is 18.0 Å². The van der Waals surface area contributed by atoms with Crippen molar-refractivity contribution in [3.8, 4) is 0 Å². The minimum atomic E-state index is 0.726. The Hall–Kier alpha value is -0.460. The summed E-state index contributed by atoms with van der Waals surface area (Å²) in [7, 11) is 0. The molecule has 0 aromatic rings. The highest BCUT2D eigenvalue weighted by molar-refractivity contribution is 4.88. The molecule has 0 bridgehead atoms. The lowest BCUT2D eigenvalue weighted by Crippen LogP contribution is -2.27. The predicted octanol–water partition coefficient (Wildman–Crippen LogP) is 3.52. The van der Waals surface area contributed by atoms with Crippen molar-refractivity contribution in [2.75, 3.05) is 13.1 Å². The SMILES string of the molecule is C=C(C)N(CCC(C)C)CC(C)C. The summed E-state index contributed by atoms with van der Waals surface area (Å²) < 4.78 is 0. The fourth-order valence-corrected chi connectivity index (χ4v) is 1.29. The summed E-state index contributed by atoms with van der Waals surface area (Å²) in [6, 6.07) is 0. The molecule has 0 unspecified atom stereocenters. The summed E-state index contributed by atoms with van der Waals surface area (Å²) in [5.74, 6) is 1.51. The molecule has 0 aliphatic rings. The lowest BCUT2D eigenvalue weighted by atomic mass is 10.1. The second-order valence-corrected chi connectivity index (χ2v) is 4.76. The first-order valence-corrected chi connectivity index (χ1v) is 5.34. The van der Waals surface area contributed by atoms with Gasteiger partial charge in [0, 0.05) is 18.8 Å². The van der Waals surface area contributed by atoms with Crippen LogP contribution in [0.5, 0.6) is 0 Å². The zero-order valence-corrected chi connectivity index (χ0v) is 9.93. The third-order valence-electron chi connectivity index (χ3n) is 2.10. The Morgan fingerprint density at radius 2 is 1.69 bits per heavy atom. The van der Waals surface area contributed by atoms with E-state index in [1.807, 2.05) is 0 Å². The van der Waals surface area contributed by atoms with Crippen molar-refractivity contribution in [1.29, 1.82) is 0 Å². The van der Waals surface area contributed by atoms with E-state index in [-0.39, 0.29) is 0 Å². The Morgan fingerprint density at radius 1 is 1.15 bits per heavy atom. The summed E-state index contributed by atoms with van der Waals surface area (Å²) in [4.78, 5) is 2.39. The lowest BCUT2D eigenvalue weighted by Gasteiger charge is -2.27. The van der Waals surface area contributed by atoms with E-state index in [9.17, 15) is 0 Å². The van der Waals surface area contributed by atoms with E-state index in [0.717, 1.165) is 24.9 Å². The summed E-state index contributed by atoms with van der Waals surface area (Å²) in [6.07, 6.45) is 1.26. The minimum absolute atomic E-state index is 0.726. The van der Waals surface area contributed by atoms with Gasteiger partial charge in [-0.25, -0.2) is 0 Å². The third-order valence-corrected chi connectivity index (χ3v) is 2.10. The average Bonchev–Trinajstić information content (AvgIpc) is 1.96. The van der Waals surface area contributed by atoms with Gasteiger partial charge in [0.05, 0.1) is 0 Å². The summed E-state index contributed by atoms with van der Waals surface area (Å²) in [5.41, 5.74) is 1.20. The first-order valence-electron chi connectivity index (χ1n) is 5.34. The van der Waals surface area contributed by atoms with Gasteiger partial charge < -0.3 is 4.90 Å². The Morgan fingerprint density at radius 3 is 2.00 bits per heavy atom. The summed E-state index contributed by atoms with van der Waals surface area (Å²) in [5, 5.41) is 0. The van der Waals surface area contributed by atoms with Gasteiger partial charge in [0.25, 0.3) is 0 Å². The standard InChI is InChI=1S/C12H25N/c1-10(2)7-8-13(12(5)6)9-11(3)4/h10-11H,5,7-9H2,1-4,6H3. The van der Waals surface area contributed by atoms with E-state index in [4.69, 9.17) is 0 Å². The maximum Gasteiger partial charge on any atom is 0.0197 e. The van der Waals surface area contributed by atoms with Crippen LogP contribution in [0.25, 0.3) is 0 Å². The molecule has 0 amide bonds. The molecule has 1 heteroatoms. The normalized spacial score (nSPS) is 11.0. The Balaban J connectivity index is 3.88. The predicted molar refractivity (Wildman–Crippen MR) is 60.7 cm³/mol. The maximum absolute atomic E-state index is 4.01. The van der Waals surface area contributed by atoms with Crippen molar-refractivity contribution in [1.82, 2.24) is 4.90 Å². The van der Waals surface area contributed by atoms with Gasteiger partial charge in [0.2, 0.25) is 0 Å². The van der Waals surface area contributed by atoms with Crippen LogP contribution >= 0.6 is 0 Å². The highest BCUT2D eigenvalue weighted by atomic mass is 15.1. The van der Waals surface area contributed by atoms with Crippen LogP contribution in [0.15, 0.2) is 12.3 Å². The molecular formula is C12H25N. The van der Waals surface area contributed by atoms with Gasteiger partial charge in [-0.3, -0.25) is 0 Å². The molecule has 0 saturated heterocycles. The van der Waals surface area contributed by atoms with E-state index < -0.39 is 0 Å². The molecule has 0 rings (SSSR count). The number of nitrogens with zero attached hydrogens (tertiary/aromatic N) is 1. The average molecular weight is 183 g/mol. The summed E-state index contributed by atoms with van der Waals surface area (Å²) >= 11 is 0. The maximum atomic E-state index is 4.01. The number of hydrogen-bond donors (Lipinski definition) is 0. The number of allylic oxidation sites excluding steroid dienone is 1. The fourth-order valence-electron chi connectivity index (χ4n) is 1.29. The van der Waals surface area contributed by atoms with Gasteiger partial charge in [-0.05, 0) is 25.2 Å². The van der Waals surface area contributed by atoms with Gasteiger partial charge in [-0.1, -0.05) is 34.3 Å². The van der Waals surface area contributed by atoms with Crippen molar-refractivity contribution in [3.63, 3.8) is 0 Å². The van der Waals surface area contributed by atoms with Crippen molar-refractivity contribution in [3.05, 3.63) is 12.3 Å². The number of rotatable bonds is 6. The van der Waals surface area contributed by atoms with Gasteiger partial charge >= 0.3 is 0 Å². The van der Waals surface area contributed by atoms with E-state index in [0.29, 0.717) is 0 Å². The molecule has 0 aromatic heterocycles. The van der Waals surface area contributed by atoms with E-state index in [2.05, 4.69) is 46.1 Å². The van der Waals surface area contributed by atoms with Crippen LogP contribution in [0.3, 0.4) is 0 Å². The van der Waals surface area contributed by atoms with Crippen molar-refractivity contribution >= 4 is 0 Å². The van der Waals surface area contributed by atoms with Crippen molar-refractivity contribution in [2.45, 2.75) is 41.0 Å². The second-order valence-electron chi connectivity index (χ2n) is 4.76. The highest BCUT2D eigenvalue weighted by Gasteiger charge is 2.06. The largest absolute Gasteiger partial charge is 0.375 e. The van der Waals surface area contributed by atoms with Crippen molar-refractivity contribution in [2.24, 2.45) is 11.8 Å². The molecule has 0 radical (unpaired) electrons. The molecule has 0 aliphatic carbocycles. The molecule has 0 spiro atoms. The molecule has 13 heavy (non-hydrogen) atoms. The molecule has 78 valence electrons. The molecule has 0 fully saturated rings. The monoisotopic (exact) mass is 183 g/mol. The van der Waals surface area contributed by atoms with Gasteiger partial charge in [0.15, 0.2) is 0 Å². The molecule has 0 atom stereocenters. The van der Waals surface area contributed by atoms with Crippen LogP contribution in [0.4, 0.5) is 0 Å². The highest BCUT2D eigenvalue weighted by Crippen LogP contribution is 2.09. The fraction of sp³-hybridized carbons (Fsp3) is 0.833. The van der Waals surface area contributed by atoms with Crippen LogP contribution in [-0.2, 0) is 0 Å². The van der Waals surface area contributed by atoms with Crippen LogP contribution in [0.1, 0.15) is 41.0 Å². The Kier molecular flexibility index (Phi) is 5.85. The second kappa shape index (κ2) is 6.06. The third kappa shape index (κ3) is 6.68. The molecular weight excluding hydrogens is 158 g/mol. The zero-order chi connectivity index (χ0) is 10.4. The topological polar surface area (TPSA) is 3.24 Å². The molecule has 1 nitrogen and oxygen atoms in total. The molecule has 0 N–H and O–H groups in total. The van der Waals surface area contributed by atoms with Crippen LogP contribution in [0, 0.1) is 11.8 Å². The van der Waals surface area contributed by atoms with Crippen LogP contribution < -0.4 is 0 Å². The van der Waals surface area contributed by atoms with Crippen LogP contribution in [0.2, 0.25) is 0 Å². The minimum Gasteiger partial charge on any atom is -0.375 e. The Labute approximate surface area is 83.8 Å². The number of hydrogen-bond acceptors (Lipinski definition) is 1. The van der Waals surface area contributed by atoms with E-state index >= 15 is 0 Å². The first-order chi connectivity index (χ1) is 5.93. The van der Waals surface area contributed by atoms with E-state index in [1.165, 1.54) is 12.1 Å². The smallest absolute Gasteiger partial charge is 0.0197 e. The van der Waals surface area contributed by atoms with Crippen molar-refractivity contribution < 1.29 is 0 Å². The summed E-state index contributed by atoms with van der Waals surface area (Å²) in [6.45, 7) is 17.5. The van der Waals surface area contributed by atoms with Gasteiger partial charge in [-0.15, -0.1) is 0 Å². The van der Waals surface area contributed by atoms with E-state index in [1.54, 1.807) is 0 Å². The molecule has 0 aromatic carbocycles. The zero-order valence-electron chi connectivity index (χ0n) is 9.93. The molecule has 0 aliphatic heterocycles. The van der Waals surface area contributed by atoms with Gasteiger partial charge in [-0.2, -0.15) is 0 Å². The van der Waals surface area contributed by atoms with Gasteiger partial charge in [0.1, 0.15) is 0 Å². The molecule has 0 heterocycles. The molecule has 0 saturated carbocycles. The lowest BCUT2D eigenvalue weighted by molar-refractivity contribution is 0.288. The first kappa shape index (κ1) is 12.5. The quantitative estimate of drug-likeness (QED) is 0.609. The Bertz CT molecular complexity index is 147.